The molecule has 13 heavy (non-hydrogen) atoms. The summed E-state index contributed by atoms with van der Waals surface area (Å²) >= 11 is 0. The van der Waals surface area contributed by atoms with Crippen molar-refractivity contribution in [2.24, 2.45) is 0 Å². The standard InChI is InChI=1S/C9H14N4/c1-11-9(10)13-6-4-8-3-2-5-12-7-8/h2-3,5,7H,4,6H2,1H3,(H3,10,11,13). The molecule has 0 amide bonds. The van der Waals surface area contributed by atoms with Gasteiger partial charge in [-0.15, -0.1) is 0 Å². The van der Waals surface area contributed by atoms with Crippen molar-refractivity contribution in [2.75, 3.05) is 13.6 Å². The van der Waals surface area contributed by atoms with E-state index in [2.05, 4.69) is 15.6 Å². The summed E-state index contributed by atoms with van der Waals surface area (Å²) in [5.74, 6) is 0.351. The molecular weight excluding hydrogens is 164 g/mol. The molecule has 0 saturated carbocycles. The minimum atomic E-state index is 0.351. The summed E-state index contributed by atoms with van der Waals surface area (Å²) in [5, 5.41) is 12.9. The molecule has 4 heteroatoms. The van der Waals surface area contributed by atoms with Crippen molar-refractivity contribution in [1.82, 2.24) is 15.6 Å². The van der Waals surface area contributed by atoms with Gasteiger partial charge in [-0.25, -0.2) is 0 Å². The number of nitrogens with zero attached hydrogens (tertiary/aromatic N) is 1. The molecule has 0 aromatic carbocycles. The van der Waals surface area contributed by atoms with Crippen LogP contribution in [0.1, 0.15) is 5.56 Å². The van der Waals surface area contributed by atoms with Crippen molar-refractivity contribution in [3.05, 3.63) is 30.1 Å². The fraction of sp³-hybridized carbons (Fsp3) is 0.333. The lowest BCUT2D eigenvalue weighted by molar-refractivity contribution is 0.827. The van der Waals surface area contributed by atoms with Crippen molar-refractivity contribution < 1.29 is 0 Å². The molecule has 3 N–H and O–H groups in total. The van der Waals surface area contributed by atoms with E-state index in [-0.39, 0.29) is 0 Å². The van der Waals surface area contributed by atoms with E-state index in [0.29, 0.717) is 5.96 Å². The van der Waals surface area contributed by atoms with Crippen LogP contribution in [0.5, 0.6) is 0 Å². The van der Waals surface area contributed by atoms with Crippen molar-refractivity contribution in [2.45, 2.75) is 6.42 Å². The minimum absolute atomic E-state index is 0.351. The first-order valence-electron chi connectivity index (χ1n) is 4.22. The number of guanidine groups is 1. The Bertz CT molecular complexity index is 258. The molecule has 0 aliphatic carbocycles. The molecule has 0 aliphatic rings. The quantitative estimate of drug-likeness (QED) is 0.463. The Hall–Kier alpha value is -1.58. The fourth-order valence-electron chi connectivity index (χ4n) is 0.966. The summed E-state index contributed by atoms with van der Waals surface area (Å²) in [4.78, 5) is 4.01. The number of hydrogen-bond acceptors (Lipinski definition) is 2. The zero-order valence-corrected chi connectivity index (χ0v) is 7.67. The molecule has 0 fully saturated rings. The second-order valence-corrected chi connectivity index (χ2v) is 2.66. The third-order valence-corrected chi connectivity index (χ3v) is 1.69. The van der Waals surface area contributed by atoms with Crippen molar-refractivity contribution >= 4 is 5.96 Å². The molecule has 70 valence electrons. The first kappa shape index (κ1) is 9.51. The minimum Gasteiger partial charge on any atom is -0.360 e. The third-order valence-electron chi connectivity index (χ3n) is 1.69. The monoisotopic (exact) mass is 178 g/mol. The number of pyridine rings is 1. The highest BCUT2D eigenvalue weighted by molar-refractivity contribution is 5.75. The SMILES string of the molecule is CNC(=N)NCCc1cccnc1. The number of nitrogens with one attached hydrogen (secondary N) is 3. The van der Waals surface area contributed by atoms with Crippen LogP contribution < -0.4 is 10.6 Å². The van der Waals surface area contributed by atoms with Gasteiger partial charge >= 0.3 is 0 Å². The molecular formula is C9H14N4. The van der Waals surface area contributed by atoms with Gasteiger partial charge in [0.2, 0.25) is 0 Å². The molecule has 0 radical (unpaired) electrons. The molecule has 0 bridgehead atoms. The summed E-state index contributed by atoms with van der Waals surface area (Å²) in [6, 6.07) is 3.94. The lowest BCUT2D eigenvalue weighted by Gasteiger charge is -2.05. The highest BCUT2D eigenvalue weighted by Crippen LogP contribution is 1.94. The van der Waals surface area contributed by atoms with E-state index < -0.39 is 0 Å². The molecule has 0 unspecified atom stereocenters. The Morgan fingerprint density at radius 2 is 2.46 bits per heavy atom. The van der Waals surface area contributed by atoms with E-state index in [1.165, 1.54) is 5.56 Å². The summed E-state index contributed by atoms with van der Waals surface area (Å²) in [6.45, 7) is 0.755. The Kier molecular flexibility index (Phi) is 3.75. The highest BCUT2D eigenvalue weighted by Gasteiger charge is 1.92. The van der Waals surface area contributed by atoms with Gasteiger partial charge in [0.25, 0.3) is 0 Å². The molecule has 0 aliphatic heterocycles. The zero-order valence-electron chi connectivity index (χ0n) is 7.67. The van der Waals surface area contributed by atoms with Gasteiger partial charge in [-0.05, 0) is 18.1 Å². The molecule has 1 rings (SSSR count). The average Bonchev–Trinajstić information content (AvgIpc) is 2.19. The van der Waals surface area contributed by atoms with E-state index in [4.69, 9.17) is 5.41 Å². The predicted molar refractivity (Wildman–Crippen MR) is 52.7 cm³/mol. The van der Waals surface area contributed by atoms with E-state index in [1.807, 2.05) is 18.3 Å². The molecule has 1 aromatic heterocycles. The molecule has 0 atom stereocenters. The first-order valence-corrected chi connectivity index (χ1v) is 4.22. The maximum absolute atomic E-state index is 7.27. The Balaban J connectivity index is 2.24. The summed E-state index contributed by atoms with van der Waals surface area (Å²) in [5.41, 5.74) is 1.18. The molecule has 1 aromatic rings. The largest absolute Gasteiger partial charge is 0.360 e. The van der Waals surface area contributed by atoms with Gasteiger partial charge in [-0.2, -0.15) is 0 Å². The van der Waals surface area contributed by atoms with Gasteiger partial charge in [0.05, 0.1) is 0 Å². The van der Waals surface area contributed by atoms with Gasteiger partial charge in [0, 0.05) is 26.0 Å². The molecule has 0 saturated heterocycles. The molecule has 0 spiro atoms. The van der Waals surface area contributed by atoms with Crippen molar-refractivity contribution in [3.8, 4) is 0 Å². The highest BCUT2D eigenvalue weighted by atomic mass is 15.1. The Morgan fingerprint density at radius 3 is 3.08 bits per heavy atom. The summed E-state index contributed by atoms with van der Waals surface area (Å²) in [6.07, 6.45) is 4.48. The van der Waals surface area contributed by atoms with Crippen LogP contribution in [0.2, 0.25) is 0 Å². The van der Waals surface area contributed by atoms with Gasteiger partial charge in [0.1, 0.15) is 0 Å². The van der Waals surface area contributed by atoms with Crippen LogP contribution in [0.15, 0.2) is 24.5 Å². The average molecular weight is 178 g/mol. The van der Waals surface area contributed by atoms with E-state index in [0.717, 1.165) is 13.0 Å². The normalized spacial score (nSPS) is 9.31. The van der Waals surface area contributed by atoms with E-state index in [9.17, 15) is 0 Å². The van der Waals surface area contributed by atoms with Crippen molar-refractivity contribution in [1.29, 1.82) is 5.41 Å². The number of aromatic nitrogens is 1. The predicted octanol–water partition coefficient (Wildman–Crippen LogP) is 0.368. The second kappa shape index (κ2) is 5.13. The topological polar surface area (TPSA) is 60.8 Å². The van der Waals surface area contributed by atoms with Crippen molar-refractivity contribution in [3.63, 3.8) is 0 Å². The molecule has 4 nitrogen and oxygen atoms in total. The van der Waals surface area contributed by atoms with Crippen LogP contribution in [-0.4, -0.2) is 24.5 Å². The summed E-state index contributed by atoms with van der Waals surface area (Å²) < 4.78 is 0. The van der Waals surface area contributed by atoms with Gasteiger partial charge < -0.3 is 10.6 Å². The number of rotatable bonds is 3. The van der Waals surface area contributed by atoms with Crippen LogP contribution in [0.3, 0.4) is 0 Å². The second-order valence-electron chi connectivity index (χ2n) is 2.66. The van der Waals surface area contributed by atoms with Crippen LogP contribution in [0.25, 0.3) is 0 Å². The van der Waals surface area contributed by atoms with E-state index in [1.54, 1.807) is 13.2 Å². The third kappa shape index (κ3) is 3.55. The van der Waals surface area contributed by atoms with E-state index >= 15 is 0 Å². The van der Waals surface area contributed by atoms with Gasteiger partial charge in [-0.1, -0.05) is 6.07 Å². The number of hydrogen-bond donors (Lipinski definition) is 3. The smallest absolute Gasteiger partial charge is 0.188 e. The van der Waals surface area contributed by atoms with Gasteiger partial charge in [0.15, 0.2) is 5.96 Å². The van der Waals surface area contributed by atoms with Crippen LogP contribution >= 0.6 is 0 Å². The lowest BCUT2D eigenvalue weighted by Crippen LogP contribution is -2.34. The maximum Gasteiger partial charge on any atom is 0.188 e. The van der Waals surface area contributed by atoms with Crippen LogP contribution in [0, 0.1) is 5.41 Å². The Labute approximate surface area is 77.9 Å². The van der Waals surface area contributed by atoms with Crippen LogP contribution in [-0.2, 0) is 6.42 Å². The lowest BCUT2D eigenvalue weighted by atomic mass is 10.2. The fourth-order valence-corrected chi connectivity index (χ4v) is 0.966. The Morgan fingerprint density at radius 1 is 1.62 bits per heavy atom. The van der Waals surface area contributed by atoms with Crippen LogP contribution in [0.4, 0.5) is 0 Å². The summed E-state index contributed by atoms with van der Waals surface area (Å²) in [7, 11) is 1.72. The zero-order chi connectivity index (χ0) is 9.52. The maximum atomic E-state index is 7.27. The van der Waals surface area contributed by atoms with Gasteiger partial charge in [-0.3, -0.25) is 10.4 Å². The first-order chi connectivity index (χ1) is 6.33. The molecule has 1 heterocycles.